The highest BCUT2D eigenvalue weighted by atomic mass is 16.5. The van der Waals surface area contributed by atoms with E-state index in [-0.39, 0.29) is 11.9 Å². The second-order valence-electron chi connectivity index (χ2n) is 11.4. The van der Waals surface area contributed by atoms with E-state index < -0.39 is 0 Å². The minimum atomic E-state index is -0.140. The van der Waals surface area contributed by atoms with Crippen LogP contribution in [-0.4, -0.2) is 103 Å². The number of hydrogen-bond acceptors (Lipinski definition) is 6. The third-order valence-corrected chi connectivity index (χ3v) is 7.96. The van der Waals surface area contributed by atoms with Gasteiger partial charge in [0, 0.05) is 80.2 Å². The molecule has 1 N–H and O–H groups in total. The van der Waals surface area contributed by atoms with Crippen LogP contribution < -0.4 is 10.1 Å². The summed E-state index contributed by atoms with van der Waals surface area (Å²) in [7, 11) is 8.31. The van der Waals surface area contributed by atoms with Crippen LogP contribution in [0.15, 0.2) is 36.5 Å². The third kappa shape index (κ3) is 5.73. The number of fused-ring (bicyclic) bond motifs is 4. The van der Waals surface area contributed by atoms with Gasteiger partial charge in [-0.05, 0) is 82.7 Å². The molecule has 1 fully saturated rings. The molecule has 0 saturated carbocycles. The van der Waals surface area contributed by atoms with Gasteiger partial charge in [-0.15, -0.1) is 0 Å². The lowest BCUT2D eigenvalue weighted by atomic mass is 10.00. The molecule has 39 heavy (non-hydrogen) atoms. The molecule has 1 unspecified atom stereocenters. The maximum atomic E-state index is 13.3. The highest BCUT2D eigenvalue weighted by Gasteiger charge is 2.20. The molecule has 0 bridgehead atoms. The van der Waals surface area contributed by atoms with Crippen LogP contribution >= 0.6 is 0 Å². The fraction of sp³-hybridized carbons (Fsp3) is 0.484. The maximum absolute atomic E-state index is 13.3. The van der Waals surface area contributed by atoms with Crippen LogP contribution in [0.2, 0.25) is 0 Å². The van der Waals surface area contributed by atoms with Gasteiger partial charge in [-0.1, -0.05) is 0 Å². The lowest BCUT2D eigenvalue weighted by Crippen LogP contribution is -2.44. The van der Waals surface area contributed by atoms with Gasteiger partial charge < -0.3 is 29.3 Å². The predicted octanol–water partition coefficient (Wildman–Crippen LogP) is 3.88. The SMILES string of the molecule is Cc1c2ccnc(C(=O)NC(C)CN(C)C)c2cc2c3cc(OCCCN4CCN(C)CC4)ccc3n(C)c12. The average Bonchev–Trinajstić information content (AvgIpc) is 3.18. The van der Waals surface area contributed by atoms with Gasteiger partial charge in [0.2, 0.25) is 0 Å². The molecule has 1 amide bonds. The van der Waals surface area contributed by atoms with E-state index in [1.165, 1.54) is 5.52 Å². The van der Waals surface area contributed by atoms with E-state index in [0.717, 1.165) is 84.1 Å². The monoisotopic (exact) mass is 530 g/mol. The van der Waals surface area contributed by atoms with Crippen molar-refractivity contribution in [2.45, 2.75) is 26.3 Å². The molecule has 8 heteroatoms. The summed E-state index contributed by atoms with van der Waals surface area (Å²) in [5, 5.41) is 7.29. The van der Waals surface area contributed by atoms with Gasteiger partial charge in [-0.25, -0.2) is 0 Å². The van der Waals surface area contributed by atoms with E-state index in [1.54, 1.807) is 6.20 Å². The number of amides is 1. The normalized spacial score (nSPS) is 16.0. The van der Waals surface area contributed by atoms with E-state index in [4.69, 9.17) is 4.74 Å². The number of pyridine rings is 1. The van der Waals surface area contributed by atoms with E-state index in [9.17, 15) is 4.79 Å². The zero-order valence-corrected chi connectivity index (χ0v) is 24.3. The molecule has 1 atom stereocenters. The molecule has 1 aliphatic rings. The van der Waals surface area contributed by atoms with Crippen LogP contribution in [0, 0.1) is 6.92 Å². The number of benzene rings is 2. The number of aryl methyl sites for hydroxylation is 2. The van der Waals surface area contributed by atoms with Crippen LogP contribution in [0.3, 0.4) is 0 Å². The molecule has 3 heterocycles. The first-order valence-electron chi connectivity index (χ1n) is 14.0. The first kappa shape index (κ1) is 27.4. The summed E-state index contributed by atoms with van der Waals surface area (Å²) in [6, 6.07) is 10.5. The number of aromatic nitrogens is 2. The van der Waals surface area contributed by atoms with Gasteiger partial charge in [0.15, 0.2) is 0 Å². The minimum absolute atomic E-state index is 0.0166. The molecule has 1 aliphatic heterocycles. The Hall–Kier alpha value is -3.20. The molecule has 8 nitrogen and oxygen atoms in total. The van der Waals surface area contributed by atoms with Gasteiger partial charge in [-0.2, -0.15) is 0 Å². The van der Waals surface area contributed by atoms with Gasteiger partial charge >= 0.3 is 0 Å². The second-order valence-corrected chi connectivity index (χ2v) is 11.4. The number of nitrogens with one attached hydrogen (secondary N) is 1. The fourth-order valence-corrected chi connectivity index (χ4v) is 5.98. The molecule has 208 valence electrons. The molecule has 1 saturated heterocycles. The van der Waals surface area contributed by atoms with Crippen molar-refractivity contribution in [2.24, 2.45) is 7.05 Å². The summed E-state index contributed by atoms with van der Waals surface area (Å²) < 4.78 is 8.46. The standard InChI is InChI=1S/C31H42N6O2/c1-21(20-34(3)4)33-31(38)29-26-19-27-25-18-23(39-17-7-12-37-15-13-35(5)14-16-37)8-9-28(25)36(6)30(27)22(2)24(26)10-11-32-29/h8-11,18-19,21H,7,12-17,20H2,1-6H3,(H,33,38). The number of hydrogen-bond donors (Lipinski definition) is 1. The number of ether oxygens (including phenoxy) is 1. The zero-order valence-electron chi connectivity index (χ0n) is 24.3. The largest absolute Gasteiger partial charge is 0.494 e. The molecule has 5 rings (SSSR count). The summed E-state index contributed by atoms with van der Waals surface area (Å²) >= 11 is 0. The predicted molar refractivity (Wildman–Crippen MR) is 160 cm³/mol. The molecule has 0 spiro atoms. The van der Waals surface area contributed by atoms with Crippen LogP contribution in [0.5, 0.6) is 5.75 Å². The number of rotatable bonds is 9. The molecule has 0 aliphatic carbocycles. The van der Waals surface area contributed by atoms with Crippen molar-refractivity contribution in [1.29, 1.82) is 0 Å². The minimum Gasteiger partial charge on any atom is -0.494 e. The molecular weight excluding hydrogens is 488 g/mol. The average molecular weight is 531 g/mol. The third-order valence-electron chi connectivity index (χ3n) is 7.96. The molecule has 2 aromatic heterocycles. The molecule has 0 radical (unpaired) electrons. The van der Waals surface area contributed by atoms with Gasteiger partial charge in [-0.3, -0.25) is 9.78 Å². The summed E-state index contributed by atoms with van der Waals surface area (Å²) in [6.45, 7) is 11.2. The van der Waals surface area contributed by atoms with Crippen molar-refractivity contribution in [2.75, 3.05) is 67.0 Å². The summed E-state index contributed by atoms with van der Waals surface area (Å²) in [4.78, 5) is 24.8. The Morgan fingerprint density at radius 1 is 1.05 bits per heavy atom. The first-order chi connectivity index (χ1) is 18.7. The van der Waals surface area contributed by atoms with Crippen LogP contribution in [0.25, 0.3) is 32.6 Å². The lowest BCUT2D eigenvalue weighted by molar-refractivity contribution is 0.0931. The van der Waals surface area contributed by atoms with Crippen LogP contribution in [0.4, 0.5) is 0 Å². The van der Waals surface area contributed by atoms with Crippen molar-refractivity contribution >= 4 is 38.5 Å². The van der Waals surface area contributed by atoms with E-state index in [1.807, 2.05) is 27.1 Å². The smallest absolute Gasteiger partial charge is 0.270 e. The summed E-state index contributed by atoms with van der Waals surface area (Å²) in [6.07, 6.45) is 2.75. The van der Waals surface area contributed by atoms with E-state index in [2.05, 4.69) is 74.9 Å². The van der Waals surface area contributed by atoms with Crippen molar-refractivity contribution < 1.29 is 9.53 Å². The Bertz CT molecular complexity index is 1490. The number of piperazine rings is 1. The van der Waals surface area contributed by atoms with Gasteiger partial charge in [0.25, 0.3) is 5.91 Å². The van der Waals surface area contributed by atoms with Crippen molar-refractivity contribution in [3.8, 4) is 5.75 Å². The Labute approximate surface area is 231 Å². The van der Waals surface area contributed by atoms with Crippen molar-refractivity contribution in [3.05, 3.63) is 47.8 Å². The number of carbonyl (C=O) groups is 1. The van der Waals surface area contributed by atoms with Crippen molar-refractivity contribution in [3.63, 3.8) is 0 Å². The number of nitrogens with zero attached hydrogens (tertiary/aromatic N) is 5. The van der Waals surface area contributed by atoms with Crippen LogP contribution in [-0.2, 0) is 7.05 Å². The zero-order chi connectivity index (χ0) is 27.7. The van der Waals surface area contributed by atoms with E-state index >= 15 is 0 Å². The molecule has 4 aromatic rings. The Morgan fingerprint density at radius 2 is 1.82 bits per heavy atom. The van der Waals surface area contributed by atoms with Crippen molar-refractivity contribution in [1.82, 2.24) is 29.6 Å². The number of likely N-dealkylation sites (N-methyl/N-ethyl adjacent to an activating group) is 2. The Kier molecular flexibility index (Phi) is 8.07. The highest BCUT2D eigenvalue weighted by molar-refractivity contribution is 6.17. The van der Waals surface area contributed by atoms with E-state index in [0.29, 0.717) is 12.3 Å². The van der Waals surface area contributed by atoms with Crippen LogP contribution in [0.1, 0.15) is 29.4 Å². The Morgan fingerprint density at radius 3 is 2.56 bits per heavy atom. The first-order valence-corrected chi connectivity index (χ1v) is 14.0. The van der Waals surface area contributed by atoms with Gasteiger partial charge in [0.1, 0.15) is 11.4 Å². The Balaban J connectivity index is 1.43. The summed E-state index contributed by atoms with van der Waals surface area (Å²) in [5.74, 6) is 0.742. The summed E-state index contributed by atoms with van der Waals surface area (Å²) in [5.41, 5.74) is 3.93. The van der Waals surface area contributed by atoms with Gasteiger partial charge in [0.05, 0.1) is 12.1 Å². The maximum Gasteiger partial charge on any atom is 0.270 e. The molecular formula is C31H42N6O2. The topological polar surface area (TPSA) is 65.9 Å². The highest BCUT2D eigenvalue weighted by Crippen LogP contribution is 2.37. The lowest BCUT2D eigenvalue weighted by Gasteiger charge is -2.32. The second kappa shape index (κ2) is 11.5. The number of carbonyl (C=O) groups excluding carboxylic acids is 1. The molecule has 2 aromatic carbocycles. The fourth-order valence-electron chi connectivity index (χ4n) is 5.98. The quantitative estimate of drug-likeness (QED) is 0.331.